The Kier molecular flexibility index (Phi) is 4.54. The summed E-state index contributed by atoms with van der Waals surface area (Å²) in [5.41, 5.74) is 6.61. The van der Waals surface area contributed by atoms with Gasteiger partial charge >= 0.3 is 0 Å². The number of nitrogens with two attached hydrogens (primary N) is 1. The van der Waals surface area contributed by atoms with Crippen LogP contribution in [-0.2, 0) is 6.54 Å². The molecule has 1 amide bonds. The summed E-state index contributed by atoms with van der Waals surface area (Å²) in [6.07, 6.45) is 1.40. The van der Waals surface area contributed by atoms with Gasteiger partial charge in [-0.15, -0.1) is 0 Å². The fourth-order valence-corrected chi connectivity index (χ4v) is 1.72. The van der Waals surface area contributed by atoms with E-state index in [9.17, 15) is 13.6 Å². The number of pyridine rings is 1. The fraction of sp³-hybridized carbons (Fsp3) is 0.0714. The van der Waals surface area contributed by atoms with Gasteiger partial charge in [-0.1, -0.05) is 18.3 Å². The van der Waals surface area contributed by atoms with Gasteiger partial charge in [0.05, 0.1) is 0 Å². The van der Waals surface area contributed by atoms with Crippen LogP contribution in [0.4, 0.5) is 8.78 Å². The zero-order chi connectivity index (χ0) is 15.4. The van der Waals surface area contributed by atoms with Crippen LogP contribution in [0.2, 0.25) is 0 Å². The third-order valence-corrected chi connectivity index (χ3v) is 2.95. The van der Waals surface area contributed by atoms with Crippen molar-refractivity contribution in [3.63, 3.8) is 0 Å². The maximum Gasteiger partial charge on any atom is 0.270 e. The summed E-state index contributed by atoms with van der Waals surface area (Å²) >= 11 is 4.78. The lowest BCUT2D eigenvalue weighted by Gasteiger charge is -2.06. The molecular weight excluding hydrogens is 296 g/mol. The average Bonchev–Trinajstić information content (AvgIpc) is 2.48. The number of halogens is 2. The summed E-state index contributed by atoms with van der Waals surface area (Å²) in [6.45, 7) is 0.0643. The Hall–Kier alpha value is -2.41. The summed E-state index contributed by atoms with van der Waals surface area (Å²) < 4.78 is 25.8. The van der Waals surface area contributed by atoms with E-state index in [1.54, 1.807) is 6.07 Å². The van der Waals surface area contributed by atoms with Crippen molar-refractivity contribution in [1.29, 1.82) is 0 Å². The summed E-state index contributed by atoms with van der Waals surface area (Å²) in [6, 6.07) is 6.49. The van der Waals surface area contributed by atoms with E-state index in [1.165, 1.54) is 18.3 Å². The lowest BCUT2D eigenvalue weighted by molar-refractivity contribution is 0.0946. The molecule has 0 spiro atoms. The van der Waals surface area contributed by atoms with E-state index in [4.69, 9.17) is 18.0 Å². The predicted molar refractivity (Wildman–Crippen MR) is 77.7 cm³/mol. The maximum atomic E-state index is 13.0. The number of hydrogen-bond donors (Lipinski definition) is 2. The molecule has 0 radical (unpaired) electrons. The zero-order valence-electron chi connectivity index (χ0n) is 10.8. The van der Waals surface area contributed by atoms with E-state index in [-0.39, 0.29) is 17.2 Å². The van der Waals surface area contributed by atoms with Gasteiger partial charge in [0, 0.05) is 18.3 Å². The minimum atomic E-state index is -0.958. The number of amides is 1. The van der Waals surface area contributed by atoms with Gasteiger partial charge in [0.25, 0.3) is 5.91 Å². The number of nitrogens with zero attached hydrogens (tertiary/aromatic N) is 1. The highest BCUT2D eigenvalue weighted by Crippen LogP contribution is 2.08. The van der Waals surface area contributed by atoms with Crippen molar-refractivity contribution in [1.82, 2.24) is 10.3 Å². The van der Waals surface area contributed by atoms with E-state index in [0.29, 0.717) is 11.1 Å². The monoisotopic (exact) mass is 307 g/mol. The molecule has 3 N–H and O–H groups in total. The van der Waals surface area contributed by atoms with Crippen LogP contribution >= 0.6 is 12.2 Å². The highest BCUT2D eigenvalue weighted by molar-refractivity contribution is 7.80. The SMILES string of the molecule is NC(=S)c1ccc(C(=O)NCc2ccc(F)c(F)c2)nc1. The molecule has 0 saturated carbocycles. The number of thiocarbonyl (C=S) groups is 1. The van der Waals surface area contributed by atoms with Crippen molar-refractivity contribution in [3.8, 4) is 0 Å². The van der Waals surface area contributed by atoms with Crippen LogP contribution in [0.1, 0.15) is 21.6 Å². The first kappa shape index (κ1) is 15.0. The second-order valence-corrected chi connectivity index (χ2v) is 4.67. The Balaban J connectivity index is 2.01. The Bertz CT molecular complexity index is 689. The molecule has 2 aromatic rings. The van der Waals surface area contributed by atoms with Crippen molar-refractivity contribution < 1.29 is 13.6 Å². The molecule has 7 heteroatoms. The Morgan fingerprint density at radius 2 is 2.00 bits per heavy atom. The van der Waals surface area contributed by atoms with Crippen LogP contribution in [0.15, 0.2) is 36.5 Å². The molecular formula is C14H11F2N3OS. The van der Waals surface area contributed by atoms with Crippen molar-refractivity contribution in [2.45, 2.75) is 6.54 Å². The molecule has 0 bridgehead atoms. The average molecular weight is 307 g/mol. The molecule has 0 aliphatic rings. The van der Waals surface area contributed by atoms with Gasteiger partial charge in [-0.25, -0.2) is 8.78 Å². The van der Waals surface area contributed by atoms with E-state index >= 15 is 0 Å². The van der Waals surface area contributed by atoms with Crippen LogP contribution < -0.4 is 11.1 Å². The highest BCUT2D eigenvalue weighted by atomic mass is 32.1. The van der Waals surface area contributed by atoms with Gasteiger partial charge in [-0.05, 0) is 29.8 Å². The first-order valence-electron chi connectivity index (χ1n) is 5.95. The van der Waals surface area contributed by atoms with E-state index in [2.05, 4.69) is 10.3 Å². The Labute approximate surface area is 125 Å². The molecule has 1 aromatic carbocycles. The number of rotatable bonds is 4. The van der Waals surface area contributed by atoms with Crippen molar-refractivity contribution in [2.75, 3.05) is 0 Å². The first-order valence-corrected chi connectivity index (χ1v) is 6.36. The van der Waals surface area contributed by atoms with Crippen LogP contribution in [0.25, 0.3) is 0 Å². The minimum Gasteiger partial charge on any atom is -0.389 e. The molecule has 4 nitrogen and oxygen atoms in total. The van der Waals surface area contributed by atoms with E-state index in [0.717, 1.165) is 12.1 Å². The lowest BCUT2D eigenvalue weighted by atomic mass is 10.2. The van der Waals surface area contributed by atoms with Gasteiger partial charge in [0.2, 0.25) is 0 Å². The largest absolute Gasteiger partial charge is 0.389 e. The maximum absolute atomic E-state index is 13.0. The van der Waals surface area contributed by atoms with Gasteiger partial charge in [-0.2, -0.15) is 0 Å². The second kappa shape index (κ2) is 6.36. The van der Waals surface area contributed by atoms with Crippen LogP contribution in [-0.4, -0.2) is 15.9 Å². The molecule has 0 atom stereocenters. The summed E-state index contributed by atoms with van der Waals surface area (Å²) in [7, 11) is 0. The van der Waals surface area contributed by atoms with Crippen molar-refractivity contribution in [3.05, 3.63) is 65.0 Å². The van der Waals surface area contributed by atoms with Crippen LogP contribution in [0, 0.1) is 11.6 Å². The van der Waals surface area contributed by atoms with Crippen molar-refractivity contribution in [2.24, 2.45) is 5.73 Å². The van der Waals surface area contributed by atoms with E-state index < -0.39 is 17.5 Å². The smallest absolute Gasteiger partial charge is 0.270 e. The molecule has 108 valence electrons. The molecule has 0 saturated heterocycles. The number of benzene rings is 1. The van der Waals surface area contributed by atoms with Crippen molar-refractivity contribution >= 4 is 23.1 Å². The Morgan fingerprint density at radius 3 is 2.57 bits per heavy atom. The van der Waals surface area contributed by atoms with Gasteiger partial charge in [0.1, 0.15) is 10.7 Å². The summed E-state index contributed by atoms with van der Waals surface area (Å²) in [5.74, 6) is -2.32. The molecule has 0 aliphatic heterocycles. The third kappa shape index (κ3) is 3.79. The quantitative estimate of drug-likeness (QED) is 0.847. The number of carbonyl (C=O) groups excluding carboxylic acids is 1. The number of nitrogens with one attached hydrogen (secondary N) is 1. The van der Waals surface area contributed by atoms with Crippen LogP contribution in [0.3, 0.4) is 0 Å². The number of carbonyl (C=O) groups is 1. The third-order valence-electron chi connectivity index (χ3n) is 2.72. The minimum absolute atomic E-state index is 0.0643. The molecule has 1 aromatic heterocycles. The normalized spacial score (nSPS) is 10.2. The molecule has 0 unspecified atom stereocenters. The lowest BCUT2D eigenvalue weighted by Crippen LogP contribution is -2.24. The molecule has 0 fully saturated rings. The molecule has 1 heterocycles. The molecule has 0 aliphatic carbocycles. The summed E-state index contributed by atoms with van der Waals surface area (Å²) in [4.78, 5) is 16.0. The number of hydrogen-bond acceptors (Lipinski definition) is 3. The van der Waals surface area contributed by atoms with Gasteiger partial charge < -0.3 is 11.1 Å². The Morgan fingerprint density at radius 1 is 1.24 bits per heavy atom. The van der Waals surface area contributed by atoms with Gasteiger partial charge in [0.15, 0.2) is 11.6 Å². The van der Waals surface area contributed by atoms with Gasteiger partial charge in [-0.3, -0.25) is 9.78 Å². The predicted octanol–water partition coefficient (Wildman–Crippen LogP) is 1.92. The first-order chi connectivity index (χ1) is 9.97. The highest BCUT2D eigenvalue weighted by Gasteiger charge is 2.08. The summed E-state index contributed by atoms with van der Waals surface area (Å²) in [5, 5.41) is 2.56. The molecule has 2 rings (SSSR count). The zero-order valence-corrected chi connectivity index (χ0v) is 11.6. The topological polar surface area (TPSA) is 68.0 Å². The number of aromatic nitrogens is 1. The van der Waals surface area contributed by atoms with Crippen LogP contribution in [0.5, 0.6) is 0 Å². The second-order valence-electron chi connectivity index (χ2n) is 4.23. The van der Waals surface area contributed by atoms with E-state index in [1.807, 2.05) is 0 Å². The fourth-order valence-electron chi connectivity index (χ4n) is 1.60. The molecule has 21 heavy (non-hydrogen) atoms. The standard InChI is InChI=1S/C14H11F2N3OS/c15-10-3-1-8(5-11(10)16)6-19-14(20)12-4-2-9(7-18-12)13(17)21/h1-5,7H,6H2,(H2,17,21)(H,19,20).